The third-order valence-corrected chi connectivity index (χ3v) is 3.81. The molecule has 5 nitrogen and oxygen atoms in total. The average molecular weight is 290 g/mol. The van der Waals surface area contributed by atoms with Crippen LogP contribution in [-0.2, 0) is 16.0 Å². The van der Waals surface area contributed by atoms with Gasteiger partial charge in [0.2, 0.25) is 11.8 Å². The Morgan fingerprint density at radius 1 is 1.38 bits per heavy atom. The van der Waals surface area contributed by atoms with Gasteiger partial charge >= 0.3 is 0 Å². The summed E-state index contributed by atoms with van der Waals surface area (Å²) < 4.78 is 5.10. The summed E-state index contributed by atoms with van der Waals surface area (Å²) in [5.74, 6) is 1.26. The highest BCUT2D eigenvalue weighted by molar-refractivity contribution is 5.79. The molecule has 1 aliphatic rings. The molecule has 1 aromatic rings. The highest BCUT2D eigenvalue weighted by atomic mass is 16.5. The highest BCUT2D eigenvalue weighted by Gasteiger charge is 2.26. The van der Waals surface area contributed by atoms with Crippen LogP contribution in [0, 0.1) is 5.92 Å². The van der Waals surface area contributed by atoms with Crippen LogP contribution in [-0.4, -0.2) is 44.0 Å². The number of nitrogens with zero attached hydrogens (tertiary/aromatic N) is 1. The molecule has 2 amide bonds. The average Bonchev–Trinajstić information content (AvgIpc) is 2.82. The zero-order valence-corrected chi connectivity index (χ0v) is 12.6. The van der Waals surface area contributed by atoms with Crippen molar-refractivity contribution >= 4 is 11.8 Å². The number of carbonyl (C=O) groups excluding carboxylic acids is 2. The molecule has 1 aliphatic heterocycles. The van der Waals surface area contributed by atoms with Crippen LogP contribution >= 0.6 is 0 Å². The first-order valence-corrected chi connectivity index (χ1v) is 7.22. The molecule has 2 rings (SSSR count). The largest absolute Gasteiger partial charge is 0.497 e. The highest BCUT2D eigenvalue weighted by Crippen LogP contribution is 2.15. The number of nitrogens with one attached hydrogen (secondary N) is 1. The van der Waals surface area contributed by atoms with Gasteiger partial charge in [-0.05, 0) is 24.1 Å². The number of ether oxygens (including phenoxy) is 1. The van der Waals surface area contributed by atoms with E-state index in [0.717, 1.165) is 17.9 Å². The lowest BCUT2D eigenvalue weighted by molar-refractivity contribution is -0.126. The van der Waals surface area contributed by atoms with Crippen LogP contribution in [0.2, 0.25) is 0 Å². The van der Waals surface area contributed by atoms with Gasteiger partial charge in [0.05, 0.1) is 7.11 Å². The molecule has 21 heavy (non-hydrogen) atoms. The van der Waals surface area contributed by atoms with Crippen molar-refractivity contribution in [2.24, 2.45) is 5.92 Å². The van der Waals surface area contributed by atoms with E-state index in [1.165, 1.54) is 0 Å². The summed E-state index contributed by atoms with van der Waals surface area (Å²) in [6, 6.07) is 7.73. The molecule has 1 heterocycles. The first-order valence-electron chi connectivity index (χ1n) is 7.22. The van der Waals surface area contributed by atoms with Crippen LogP contribution in [0.5, 0.6) is 5.75 Å². The smallest absolute Gasteiger partial charge is 0.222 e. The quantitative estimate of drug-likeness (QED) is 0.857. The van der Waals surface area contributed by atoms with E-state index in [0.29, 0.717) is 25.8 Å². The molecule has 1 unspecified atom stereocenters. The lowest BCUT2D eigenvalue weighted by atomic mass is 10.1. The maximum atomic E-state index is 11.8. The molecule has 114 valence electrons. The number of carbonyl (C=O) groups is 2. The zero-order chi connectivity index (χ0) is 15.2. The predicted molar refractivity (Wildman–Crippen MR) is 80.1 cm³/mol. The lowest BCUT2D eigenvalue weighted by Gasteiger charge is -2.11. The number of likely N-dealkylation sites (tertiary alicyclic amines) is 1. The standard InChI is InChI=1S/C16H22N2O3/c1-18-11-13(9-16(18)20)10-17-15(19)8-5-12-3-6-14(21-2)7-4-12/h3-4,6-7,13H,5,8-11H2,1-2H3,(H,17,19). The Hall–Kier alpha value is -2.04. The van der Waals surface area contributed by atoms with E-state index in [2.05, 4.69) is 5.32 Å². The molecule has 1 atom stereocenters. The molecule has 0 spiro atoms. The van der Waals surface area contributed by atoms with Crippen LogP contribution in [0.15, 0.2) is 24.3 Å². The number of rotatable bonds is 6. The number of benzene rings is 1. The van der Waals surface area contributed by atoms with Gasteiger partial charge in [0.25, 0.3) is 0 Å². The SMILES string of the molecule is COc1ccc(CCC(=O)NCC2CC(=O)N(C)C2)cc1. The number of aryl methyl sites for hydroxylation is 1. The van der Waals surface area contributed by atoms with Gasteiger partial charge in [-0.15, -0.1) is 0 Å². The maximum absolute atomic E-state index is 11.8. The Balaban J connectivity index is 1.68. The predicted octanol–water partition coefficient (Wildman–Crippen LogP) is 1.22. The van der Waals surface area contributed by atoms with Crippen molar-refractivity contribution in [3.8, 4) is 5.75 Å². The van der Waals surface area contributed by atoms with E-state index in [4.69, 9.17) is 4.74 Å². The topological polar surface area (TPSA) is 58.6 Å². The van der Waals surface area contributed by atoms with Crippen molar-refractivity contribution in [1.29, 1.82) is 0 Å². The molecular formula is C16H22N2O3. The van der Waals surface area contributed by atoms with Gasteiger partial charge in [0.1, 0.15) is 5.75 Å². The Labute approximate surface area is 125 Å². The third-order valence-electron chi connectivity index (χ3n) is 3.81. The molecule has 0 aliphatic carbocycles. The van der Waals surface area contributed by atoms with E-state index in [1.807, 2.05) is 24.3 Å². The van der Waals surface area contributed by atoms with E-state index in [9.17, 15) is 9.59 Å². The summed E-state index contributed by atoms with van der Waals surface area (Å²) in [5.41, 5.74) is 1.11. The summed E-state index contributed by atoms with van der Waals surface area (Å²) in [4.78, 5) is 24.9. The number of hydrogen-bond donors (Lipinski definition) is 1. The van der Waals surface area contributed by atoms with Gasteiger partial charge < -0.3 is 15.0 Å². The minimum atomic E-state index is 0.0350. The fraction of sp³-hybridized carbons (Fsp3) is 0.500. The molecule has 1 saturated heterocycles. The molecule has 1 N–H and O–H groups in total. The van der Waals surface area contributed by atoms with Crippen LogP contribution in [0.25, 0.3) is 0 Å². The summed E-state index contributed by atoms with van der Waals surface area (Å²) in [6.07, 6.45) is 1.71. The minimum absolute atomic E-state index is 0.0350. The summed E-state index contributed by atoms with van der Waals surface area (Å²) >= 11 is 0. The maximum Gasteiger partial charge on any atom is 0.222 e. The van der Waals surface area contributed by atoms with Crippen LogP contribution in [0.1, 0.15) is 18.4 Å². The molecule has 1 aromatic carbocycles. The first-order chi connectivity index (χ1) is 10.1. The normalized spacial score (nSPS) is 17.9. The summed E-state index contributed by atoms with van der Waals surface area (Å²) in [5, 5.41) is 2.92. The van der Waals surface area contributed by atoms with Crippen molar-refractivity contribution in [2.45, 2.75) is 19.3 Å². The molecule has 0 bridgehead atoms. The second kappa shape index (κ2) is 7.11. The van der Waals surface area contributed by atoms with E-state index < -0.39 is 0 Å². The molecular weight excluding hydrogens is 268 g/mol. The molecule has 5 heteroatoms. The molecule has 0 radical (unpaired) electrons. The Morgan fingerprint density at radius 3 is 2.67 bits per heavy atom. The fourth-order valence-electron chi connectivity index (χ4n) is 2.49. The van der Waals surface area contributed by atoms with E-state index >= 15 is 0 Å². The number of methoxy groups -OCH3 is 1. The second-order valence-corrected chi connectivity index (χ2v) is 5.50. The fourth-order valence-corrected chi connectivity index (χ4v) is 2.49. The van der Waals surface area contributed by atoms with Crippen LogP contribution in [0.4, 0.5) is 0 Å². The number of hydrogen-bond acceptors (Lipinski definition) is 3. The third kappa shape index (κ3) is 4.48. The lowest BCUT2D eigenvalue weighted by Crippen LogP contribution is -2.30. The van der Waals surface area contributed by atoms with Crippen molar-refractivity contribution in [1.82, 2.24) is 10.2 Å². The Kier molecular flexibility index (Phi) is 5.20. The second-order valence-electron chi connectivity index (χ2n) is 5.50. The van der Waals surface area contributed by atoms with Gasteiger partial charge in [-0.3, -0.25) is 9.59 Å². The molecule has 0 saturated carbocycles. The Morgan fingerprint density at radius 2 is 2.10 bits per heavy atom. The summed E-state index contributed by atoms with van der Waals surface area (Å²) in [7, 11) is 3.43. The van der Waals surface area contributed by atoms with E-state index in [-0.39, 0.29) is 17.7 Å². The first kappa shape index (κ1) is 15.4. The Bertz CT molecular complexity index is 499. The van der Waals surface area contributed by atoms with Crippen molar-refractivity contribution in [2.75, 3.05) is 27.2 Å². The molecule has 0 aromatic heterocycles. The monoisotopic (exact) mass is 290 g/mol. The van der Waals surface area contributed by atoms with Crippen LogP contribution in [0.3, 0.4) is 0 Å². The van der Waals surface area contributed by atoms with Gasteiger partial charge in [0.15, 0.2) is 0 Å². The molecule has 1 fully saturated rings. The number of amides is 2. The van der Waals surface area contributed by atoms with E-state index in [1.54, 1.807) is 19.1 Å². The van der Waals surface area contributed by atoms with Crippen molar-refractivity contribution in [3.05, 3.63) is 29.8 Å². The zero-order valence-electron chi connectivity index (χ0n) is 12.6. The van der Waals surface area contributed by atoms with Crippen molar-refractivity contribution in [3.63, 3.8) is 0 Å². The van der Waals surface area contributed by atoms with Gasteiger partial charge in [-0.25, -0.2) is 0 Å². The van der Waals surface area contributed by atoms with Crippen LogP contribution < -0.4 is 10.1 Å². The van der Waals surface area contributed by atoms with Gasteiger partial charge in [-0.1, -0.05) is 12.1 Å². The van der Waals surface area contributed by atoms with Gasteiger partial charge in [0, 0.05) is 38.9 Å². The summed E-state index contributed by atoms with van der Waals surface area (Å²) in [6.45, 7) is 1.31. The van der Waals surface area contributed by atoms with Crippen molar-refractivity contribution < 1.29 is 14.3 Å². The van der Waals surface area contributed by atoms with Gasteiger partial charge in [-0.2, -0.15) is 0 Å². The minimum Gasteiger partial charge on any atom is -0.497 e.